The van der Waals surface area contributed by atoms with E-state index in [2.05, 4.69) is 22.7 Å². The molecule has 1 saturated heterocycles. The third-order valence-corrected chi connectivity index (χ3v) is 3.66. The zero-order chi connectivity index (χ0) is 12.1. The second-order valence-electron chi connectivity index (χ2n) is 5.04. The number of ether oxygens (including phenoxy) is 1. The number of hydrogen-bond donors (Lipinski definition) is 3. The predicted molar refractivity (Wildman–Crippen MR) is 68.6 cm³/mol. The van der Waals surface area contributed by atoms with Crippen molar-refractivity contribution >= 4 is 5.96 Å². The van der Waals surface area contributed by atoms with Crippen LogP contribution in [0.25, 0.3) is 0 Å². The number of nitrogens with zero attached hydrogens (tertiary/aromatic N) is 1. The Kier molecular flexibility index (Phi) is 4.62. The second-order valence-corrected chi connectivity index (χ2v) is 5.04. The Morgan fingerprint density at radius 1 is 1.29 bits per heavy atom. The summed E-state index contributed by atoms with van der Waals surface area (Å²) < 4.78 is 5.64. The first-order valence-corrected chi connectivity index (χ1v) is 6.72. The van der Waals surface area contributed by atoms with Crippen molar-refractivity contribution in [2.75, 3.05) is 6.61 Å². The molecule has 2 rings (SSSR count). The Bertz CT molecular complexity index is 257. The lowest BCUT2D eigenvalue weighted by Gasteiger charge is -2.22. The molecule has 1 saturated carbocycles. The van der Waals surface area contributed by atoms with Crippen LogP contribution < -0.4 is 16.6 Å². The van der Waals surface area contributed by atoms with Gasteiger partial charge in [0, 0.05) is 6.61 Å². The van der Waals surface area contributed by atoms with Gasteiger partial charge in [0.15, 0.2) is 0 Å². The molecule has 0 aromatic rings. The fourth-order valence-corrected chi connectivity index (χ4v) is 2.64. The van der Waals surface area contributed by atoms with Gasteiger partial charge in [-0.2, -0.15) is 0 Å². The maximum atomic E-state index is 5.64. The standard InChI is InChI=1S/C12H24N4O/c1-9(11-7-4-8-17-11)14-12(16-13)15-10-5-2-3-6-10/h9-11H,2-8,13H2,1H3,(H2,14,15,16). The van der Waals surface area contributed by atoms with E-state index in [-0.39, 0.29) is 12.1 Å². The lowest BCUT2D eigenvalue weighted by Crippen LogP contribution is -2.49. The molecular weight excluding hydrogens is 216 g/mol. The van der Waals surface area contributed by atoms with E-state index < -0.39 is 0 Å². The van der Waals surface area contributed by atoms with Crippen molar-refractivity contribution in [3.63, 3.8) is 0 Å². The summed E-state index contributed by atoms with van der Waals surface area (Å²) in [7, 11) is 0. The zero-order valence-electron chi connectivity index (χ0n) is 10.6. The van der Waals surface area contributed by atoms with Gasteiger partial charge in [0.2, 0.25) is 5.96 Å². The SMILES string of the molecule is CC(NC(=NC1CCCC1)NN)C1CCCO1. The number of nitrogens with one attached hydrogen (secondary N) is 2. The molecule has 5 nitrogen and oxygen atoms in total. The summed E-state index contributed by atoms with van der Waals surface area (Å²) >= 11 is 0. The van der Waals surface area contributed by atoms with Gasteiger partial charge in [0.05, 0.1) is 18.2 Å². The summed E-state index contributed by atoms with van der Waals surface area (Å²) in [6, 6.07) is 0.693. The molecule has 98 valence electrons. The second kappa shape index (κ2) is 6.21. The van der Waals surface area contributed by atoms with E-state index in [0.717, 1.165) is 19.4 Å². The van der Waals surface area contributed by atoms with Crippen molar-refractivity contribution in [2.45, 2.75) is 63.6 Å². The maximum absolute atomic E-state index is 5.64. The van der Waals surface area contributed by atoms with E-state index in [1.54, 1.807) is 0 Å². The van der Waals surface area contributed by atoms with Gasteiger partial charge in [-0.15, -0.1) is 0 Å². The molecule has 1 aliphatic carbocycles. The molecule has 17 heavy (non-hydrogen) atoms. The lowest BCUT2D eigenvalue weighted by atomic mass is 10.1. The van der Waals surface area contributed by atoms with Gasteiger partial charge in [-0.1, -0.05) is 12.8 Å². The molecule has 0 radical (unpaired) electrons. The van der Waals surface area contributed by atoms with E-state index in [4.69, 9.17) is 10.6 Å². The van der Waals surface area contributed by atoms with Crippen LogP contribution in [0.3, 0.4) is 0 Å². The Morgan fingerprint density at radius 3 is 2.65 bits per heavy atom. The van der Waals surface area contributed by atoms with Gasteiger partial charge in [-0.05, 0) is 32.6 Å². The molecule has 2 atom stereocenters. The largest absolute Gasteiger partial charge is 0.376 e. The molecule has 2 fully saturated rings. The number of guanidine groups is 1. The molecule has 0 aromatic carbocycles. The van der Waals surface area contributed by atoms with Crippen molar-refractivity contribution in [1.82, 2.24) is 10.7 Å². The highest BCUT2D eigenvalue weighted by Crippen LogP contribution is 2.21. The van der Waals surface area contributed by atoms with Crippen LogP contribution in [0.2, 0.25) is 0 Å². The first-order valence-electron chi connectivity index (χ1n) is 6.72. The predicted octanol–water partition coefficient (Wildman–Crippen LogP) is 0.905. The molecule has 0 amide bonds. The fourth-order valence-electron chi connectivity index (χ4n) is 2.64. The number of nitrogens with two attached hydrogens (primary N) is 1. The van der Waals surface area contributed by atoms with Crippen molar-refractivity contribution in [3.8, 4) is 0 Å². The van der Waals surface area contributed by atoms with E-state index >= 15 is 0 Å². The van der Waals surface area contributed by atoms with E-state index in [1.807, 2.05) is 0 Å². The van der Waals surface area contributed by atoms with Crippen molar-refractivity contribution in [1.29, 1.82) is 0 Å². The van der Waals surface area contributed by atoms with Gasteiger partial charge < -0.3 is 10.1 Å². The van der Waals surface area contributed by atoms with E-state index in [9.17, 15) is 0 Å². The molecule has 0 spiro atoms. The number of hydrazine groups is 1. The number of hydrogen-bond acceptors (Lipinski definition) is 3. The fraction of sp³-hybridized carbons (Fsp3) is 0.917. The van der Waals surface area contributed by atoms with Crippen LogP contribution in [-0.4, -0.2) is 30.8 Å². The van der Waals surface area contributed by atoms with Crippen LogP contribution in [0.1, 0.15) is 45.4 Å². The first kappa shape index (κ1) is 12.6. The Morgan fingerprint density at radius 2 is 2.06 bits per heavy atom. The normalized spacial score (nSPS) is 28.4. The van der Waals surface area contributed by atoms with E-state index in [0.29, 0.717) is 12.0 Å². The van der Waals surface area contributed by atoms with Crippen LogP contribution in [0.4, 0.5) is 0 Å². The molecule has 0 bridgehead atoms. The van der Waals surface area contributed by atoms with Crippen molar-refractivity contribution in [2.24, 2.45) is 10.8 Å². The topological polar surface area (TPSA) is 71.7 Å². The van der Waals surface area contributed by atoms with Gasteiger partial charge in [0.25, 0.3) is 0 Å². The van der Waals surface area contributed by atoms with Crippen LogP contribution in [0.15, 0.2) is 4.99 Å². The molecular formula is C12H24N4O. The van der Waals surface area contributed by atoms with Crippen LogP contribution >= 0.6 is 0 Å². The molecule has 4 N–H and O–H groups in total. The highest BCUT2D eigenvalue weighted by molar-refractivity contribution is 5.79. The van der Waals surface area contributed by atoms with Gasteiger partial charge >= 0.3 is 0 Å². The zero-order valence-corrected chi connectivity index (χ0v) is 10.6. The third-order valence-electron chi connectivity index (χ3n) is 3.66. The molecule has 2 aliphatic rings. The molecule has 1 heterocycles. The van der Waals surface area contributed by atoms with Gasteiger partial charge in [-0.3, -0.25) is 5.43 Å². The van der Waals surface area contributed by atoms with Crippen LogP contribution in [0, 0.1) is 0 Å². The Labute approximate surface area is 103 Å². The maximum Gasteiger partial charge on any atom is 0.206 e. The van der Waals surface area contributed by atoms with E-state index in [1.165, 1.54) is 25.7 Å². The minimum absolute atomic E-state index is 0.258. The highest BCUT2D eigenvalue weighted by atomic mass is 16.5. The average molecular weight is 240 g/mol. The molecule has 0 aromatic heterocycles. The van der Waals surface area contributed by atoms with Crippen molar-refractivity contribution < 1.29 is 4.74 Å². The quantitative estimate of drug-likeness (QED) is 0.297. The minimum Gasteiger partial charge on any atom is -0.376 e. The highest BCUT2D eigenvalue weighted by Gasteiger charge is 2.23. The number of aliphatic imine (C=N–C) groups is 1. The summed E-state index contributed by atoms with van der Waals surface area (Å²) in [5, 5.41) is 3.32. The van der Waals surface area contributed by atoms with Gasteiger partial charge in [-0.25, -0.2) is 10.8 Å². The Hall–Kier alpha value is -0.810. The summed E-state index contributed by atoms with van der Waals surface area (Å²) in [6.45, 7) is 3.00. The minimum atomic E-state index is 0.258. The average Bonchev–Trinajstić information content (AvgIpc) is 3.00. The smallest absolute Gasteiger partial charge is 0.206 e. The Balaban J connectivity index is 1.84. The van der Waals surface area contributed by atoms with Crippen LogP contribution in [-0.2, 0) is 4.74 Å². The molecule has 5 heteroatoms. The van der Waals surface area contributed by atoms with Crippen molar-refractivity contribution in [3.05, 3.63) is 0 Å². The summed E-state index contributed by atoms with van der Waals surface area (Å²) in [6.07, 6.45) is 7.50. The number of rotatable bonds is 3. The summed E-state index contributed by atoms with van der Waals surface area (Å²) in [5.41, 5.74) is 2.67. The van der Waals surface area contributed by atoms with Crippen LogP contribution in [0.5, 0.6) is 0 Å². The molecule has 1 aliphatic heterocycles. The molecule has 2 unspecified atom stereocenters. The summed E-state index contributed by atoms with van der Waals surface area (Å²) in [5.74, 6) is 6.22. The third kappa shape index (κ3) is 3.57. The van der Waals surface area contributed by atoms with Gasteiger partial charge in [0.1, 0.15) is 0 Å². The lowest BCUT2D eigenvalue weighted by molar-refractivity contribution is 0.0890. The first-order chi connectivity index (χ1) is 8.29. The monoisotopic (exact) mass is 240 g/mol. The summed E-state index contributed by atoms with van der Waals surface area (Å²) in [4.78, 5) is 4.62.